The number of methoxy groups -OCH3 is 1. The number of aromatic nitrogens is 3. The van der Waals surface area contributed by atoms with E-state index in [-0.39, 0.29) is 0 Å². The van der Waals surface area contributed by atoms with Crippen molar-refractivity contribution >= 4 is 45.4 Å². The highest BCUT2D eigenvalue weighted by atomic mass is 32.2. The molecule has 2 heterocycles. The number of nitriles is 1. The van der Waals surface area contributed by atoms with E-state index in [1.165, 1.54) is 17.8 Å². The largest absolute Gasteiger partial charge is 0.453 e. The number of imidazole rings is 1. The quantitative estimate of drug-likeness (QED) is 0.549. The van der Waals surface area contributed by atoms with Crippen molar-refractivity contribution in [3.8, 4) is 6.07 Å². The highest BCUT2D eigenvalue weighted by Gasteiger charge is 2.23. The average Bonchev–Trinajstić information content (AvgIpc) is 3.44. The van der Waals surface area contributed by atoms with Crippen molar-refractivity contribution in [2.24, 2.45) is 0 Å². The van der Waals surface area contributed by atoms with Gasteiger partial charge in [-0.1, -0.05) is 0 Å². The summed E-state index contributed by atoms with van der Waals surface area (Å²) in [7, 11) is -0.00664. The third-order valence-corrected chi connectivity index (χ3v) is 5.36. The maximum Gasteiger partial charge on any atom is 0.411 e. The summed E-state index contributed by atoms with van der Waals surface area (Å²) in [6.45, 7) is 0. The van der Waals surface area contributed by atoms with Gasteiger partial charge in [-0.2, -0.15) is 9.78 Å². The standard InChI is InChI=1S/C19H19N7O3S/c1-29-19(27)24-13-5-12(6-15(7-13)30(2)28)23-17-8-16(22-11-3-4-11)18-21-10-14(9-20)26(18)25-17/h5-8,10-11,22H,3-4H2,1-2H3,(H,23,25)(H,24,27). The van der Waals surface area contributed by atoms with Crippen LogP contribution in [-0.2, 0) is 15.5 Å². The Morgan fingerprint density at radius 2 is 2.07 bits per heavy atom. The van der Waals surface area contributed by atoms with Crippen LogP contribution in [0.4, 0.5) is 27.7 Å². The molecule has 1 aliphatic rings. The number of anilines is 4. The topological polar surface area (TPSA) is 133 Å². The van der Waals surface area contributed by atoms with Gasteiger partial charge in [0.2, 0.25) is 0 Å². The van der Waals surface area contributed by atoms with Crippen LogP contribution in [0.1, 0.15) is 18.5 Å². The molecular weight excluding hydrogens is 406 g/mol. The molecular formula is C19H19N7O3S. The lowest BCUT2D eigenvalue weighted by Gasteiger charge is -2.13. The lowest BCUT2D eigenvalue weighted by molar-refractivity contribution is 0.187. The number of nitrogens with zero attached hydrogens (tertiary/aromatic N) is 4. The summed E-state index contributed by atoms with van der Waals surface area (Å²) in [6.07, 6.45) is 4.55. The highest BCUT2D eigenvalue weighted by molar-refractivity contribution is 7.84. The SMILES string of the molecule is COC(=O)Nc1cc(Nc2cc(NC3CC3)c3ncc(C#N)n3n2)cc(S(C)=O)c1. The van der Waals surface area contributed by atoms with Gasteiger partial charge < -0.3 is 15.4 Å². The number of hydrogen-bond acceptors (Lipinski definition) is 8. The van der Waals surface area contributed by atoms with Gasteiger partial charge >= 0.3 is 6.09 Å². The van der Waals surface area contributed by atoms with Crippen LogP contribution >= 0.6 is 0 Å². The second-order valence-corrected chi connectivity index (χ2v) is 8.17. The predicted octanol–water partition coefficient (Wildman–Crippen LogP) is 2.83. The molecule has 30 heavy (non-hydrogen) atoms. The van der Waals surface area contributed by atoms with Gasteiger partial charge in [0.15, 0.2) is 17.2 Å². The molecule has 1 aliphatic carbocycles. The van der Waals surface area contributed by atoms with Crippen LogP contribution in [0.2, 0.25) is 0 Å². The molecule has 0 bridgehead atoms. The van der Waals surface area contributed by atoms with E-state index >= 15 is 0 Å². The minimum absolute atomic E-state index is 0.309. The number of carbonyl (C=O) groups is 1. The Bertz CT molecular complexity index is 1200. The van der Waals surface area contributed by atoms with E-state index in [1.807, 2.05) is 6.07 Å². The average molecular weight is 425 g/mol. The van der Waals surface area contributed by atoms with Crippen molar-refractivity contribution in [1.29, 1.82) is 5.26 Å². The first-order valence-corrected chi connectivity index (χ1v) is 10.7. The van der Waals surface area contributed by atoms with E-state index in [1.54, 1.807) is 24.5 Å². The fourth-order valence-electron chi connectivity index (χ4n) is 2.89. The summed E-state index contributed by atoms with van der Waals surface area (Å²) in [5.74, 6) is 0.461. The van der Waals surface area contributed by atoms with Crippen LogP contribution in [0.25, 0.3) is 5.65 Å². The molecule has 1 atom stereocenters. The molecule has 10 nitrogen and oxygen atoms in total. The number of benzene rings is 1. The highest BCUT2D eigenvalue weighted by Crippen LogP contribution is 2.30. The zero-order valence-corrected chi connectivity index (χ0v) is 17.1. The minimum atomic E-state index is -1.27. The Kier molecular flexibility index (Phi) is 5.24. The molecule has 1 fully saturated rings. The van der Waals surface area contributed by atoms with Crippen molar-refractivity contribution in [3.63, 3.8) is 0 Å². The molecule has 1 aromatic carbocycles. The first kappa shape index (κ1) is 19.7. The zero-order valence-electron chi connectivity index (χ0n) is 16.3. The lowest BCUT2D eigenvalue weighted by atomic mass is 10.2. The van der Waals surface area contributed by atoms with Gasteiger partial charge in [0.05, 0.1) is 19.0 Å². The number of nitrogens with one attached hydrogen (secondary N) is 3. The van der Waals surface area contributed by atoms with Gasteiger partial charge in [-0.25, -0.2) is 9.78 Å². The maximum absolute atomic E-state index is 12.0. The second-order valence-electron chi connectivity index (χ2n) is 6.79. The van der Waals surface area contributed by atoms with Crippen molar-refractivity contribution < 1.29 is 13.7 Å². The van der Waals surface area contributed by atoms with E-state index in [0.29, 0.717) is 39.5 Å². The van der Waals surface area contributed by atoms with Crippen molar-refractivity contribution in [2.75, 3.05) is 29.3 Å². The molecule has 0 aliphatic heterocycles. The van der Waals surface area contributed by atoms with Gasteiger partial charge in [0.1, 0.15) is 6.07 Å². The molecule has 0 saturated heterocycles. The Hall–Kier alpha value is -3.65. The molecule has 1 unspecified atom stereocenters. The minimum Gasteiger partial charge on any atom is -0.453 e. The van der Waals surface area contributed by atoms with Gasteiger partial charge in [-0.05, 0) is 31.0 Å². The number of carbonyl (C=O) groups excluding carboxylic acids is 1. The number of rotatable bonds is 6. The molecule has 0 radical (unpaired) electrons. The molecule has 3 aromatic rings. The third kappa shape index (κ3) is 4.18. The molecule has 0 spiro atoms. The predicted molar refractivity (Wildman–Crippen MR) is 112 cm³/mol. The van der Waals surface area contributed by atoms with Crippen LogP contribution in [-0.4, -0.2) is 44.3 Å². The molecule has 4 rings (SSSR count). The Balaban J connectivity index is 1.73. The molecule has 1 saturated carbocycles. The van der Waals surface area contributed by atoms with Crippen LogP contribution < -0.4 is 16.0 Å². The normalized spacial score (nSPS) is 14.0. The first-order valence-electron chi connectivity index (χ1n) is 9.13. The number of fused-ring (bicyclic) bond motifs is 1. The third-order valence-electron chi connectivity index (χ3n) is 4.46. The van der Waals surface area contributed by atoms with Gasteiger partial charge in [0, 0.05) is 45.4 Å². The monoisotopic (exact) mass is 425 g/mol. The summed E-state index contributed by atoms with van der Waals surface area (Å²) in [6, 6.07) is 9.26. The van der Waals surface area contributed by atoms with Crippen molar-refractivity contribution in [1.82, 2.24) is 14.6 Å². The lowest BCUT2D eigenvalue weighted by Crippen LogP contribution is -2.12. The first-order chi connectivity index (χ1) is 14.5. The number of ether oxygens (including phenoxy) is 1. The van der Waals surface area contributed by atoms with E-state index in [0.717, 1.165) is 18.5 Å². The molecule has 3 N–H and O–H groups in total. The fraction of sp³-hybridized carbons (Fsp3) is 0.263. The van der Waals surface area contributed by atoms with Crippen LogP contribution in [0.5, 0.6) is 0 Å². The number of hydrogen-bond donors (Lipinski definition) is 3. The Labute approximate surface area is 174 Å². The van der Waals surface area contributed by atoms with Crippen LogP contribution in [0.3, 0.4) is 0 Å². The molecule has 1 amide bonds. The maximum atomic E-state index is 12.0. The van der Waals surface area contributed by atoms with Gasteiger partial charge in [-0.15, -0.1) is 5.10 Å². The van der Waals surface area contributed by atoms with Crippen LogP contribution in [0.15, 0.2) is 35.4 Å². The summed E-state index contributed by atoms with van der Waals surface area (Å²) in [4.78, 5) is 16.4. The summed E-state index contributed by atoms with van der Waals surface area (Å²) < 4.78 is 18.1. The zero-order chi connectivity index (χ0) is 21.3. The molecule has 11 heteroatoms. The summed E-state index contributed by atoms with van der Waals surface area (Å²) >= 11 is 0. The smallest absolute Gasteiger partial charge is 0.411 e. The van der Waals surface area contributed by atoms with Gasteiger partial charge in [-0.3, -0.25) is 9.53 Å². The summed E-state index contributed by atoms with van der Waals surface area (Å²) in [5, 5.41) is 23.0. The van der Waals surface area contributed by atoms with Gasteiger partial charge in [0.25, 0.3) is 0 Å². The van der Waals surface area contributed by atoms with E-state index in [4.69, 9.17) is 0 Å². The van der Waals surface area contributed by atoms with E-state index < -0.39 is 16.9 Å². The second kappa shape index (κ2) is 8.00. The van der Waals surface area contributed by atoms with Crippen LogP contribution in [0, 0.1) is 11.3 Å². The van der Waals surface area contributed by atoms with Crippen molar-refractivity contribution in [2.45, 2.75) is 23.8 Å². The summed E-state index contributed by atoms with van der Waals surface area (Å²) in [5.41, 5.74) is 2.63. The molecule has 154 valence electrons. The fourth-order valence-corrected chi connectivity index (χ4v) is 3.47. The van der Waals surface area contributed by atoms with E-state index in [9.17, 15) is 14.3 Å². The van der Waals surface area contributed by atoms with E-state index in [2.05, 4.69) is 36.8 Å². The van der Waals surface area contributed by atoms with Crippen molar-refractivity contribution in [3.05, 3.63) is 36.2 Å². The Morgan fingerprint density at radius 3 is 2.73 bits per heavy atom. The molecule has 2 aromatic heterocycles. The number of amides is 1. The Morgan fingerprint density at radius 1 is 1.30 bits per heavy atom.